The van der Waals surface area contributed by atoms with Crippen molar-refractivity contribution in [3.8, 4) is 0 Å². The Morgan fingerprint density at radius 2 is 2.12 bits per heavy atom. The van der Waals surface area contributed by atoms with Gasteiger partial charge in [0.1, 0.15) is 0 Å². The van der Waals surface area contributed by atoms with Gasteiger partial charge in [0.05, 0.1) is 12.7 Å². The average Bonchev–Trinajstić information content (AvgIpc) is 2.50. The first kappa shape index (κ1) is 6.05. The summed E-state index contributed by atoms with van der Waals surface area (Å²) in [5, 5.41) is 17.1. The third-order valence-electron chi connectivity index (χ3n) is 1.34. The van der Waals surface area contributed by atoms with Gasteiger partial charge in [-0.05, 0) is 25.2 Å². The smallest absolute Gasteiger partial charge is 0.0776 e. The summed E-state index contributed by atoms with van der Waals surface area (Å²) in [5.74, 6) is 1.39. The van der Waals surface area contributed by atoms with Gasteiger partial charge in [-0.3, -0.25) is 0 Å². The topological polar surface area (TPSA) is 40.5 Å². The van der Waals surface area contributed by atoms with Crippen LogP contribution in [-0.2, 0) is 0 Å². The lowest BCUT2D eigenvalue weighted by Gasteiger charge is -2.02. The Morgan fingerprint density at radius 1 is 1.50 bits per heavy atom. The maximum atomic E-state index is 8.80. The molecule has 0 aromatic heterocycles. The van der Waals surface area contributed by atoms with Crippen LogP contribution in [0.4, 0.5) is 0 Å². The first-order valence-electron chi connectivity index (χ1n) is 2.95. The van der Waals surface area contributed by atoms with Crippen LogP contribution >= 0.6 is 0 Å². The predicted octanol–water partition coefficient (Wildman–Crippen LogP) is 0.0980. The normalized spacial score (nSPS) is 23.2. The minimum absolute atomic E-state index is 0.0938. The highest BCUT2D eigenvalue weighted by Gasteiger charge is 2.24. The summed E-state index contributed by atoms with van der Waals surface area (Å²) in [6.45, 7) is -0.0938. The van der Waals surface area contributed by atoms with Gasteiger partial charge in [0.25, 0.3) is 0 Å². The highest BCUT2D eigenvalue weighted by atomic mass is 16.3. The molecule has 1 aliphatic carbocycles. The van der Waals surface area contributed by atoms with Crippen LogP contribution in [-0.4, -0.2) is 22.9 Å². The first-order chi connectivity index (χ1) is 3.83. The van der Waals surface area contributed by atoms with Gasteiger partial charge in [0.2, 0.25) is 0 Å². The van der Waals surface area contributed by atoms with E-state index in [0.29, 0.717) is 0 Å². The van der Waals surface area contributed by atoms with E-state index in [-0.39, 0.29) is 6.61 Å². The quantitative estimate of drug-likeness (QED) is 0.547. The molecular formula is C6H11O2. The van der Waals surface area contributed by atoms with Gasteiger partial charge in [-0.15, -0.1) is 0 Å². The number of aliphatic hydroxyl groups is 2. The number of hydrogen-bond acceptors (Lipinski definition) is 2. The molecule has 47 valence electrons. The molecule has 1 aliphatic rings. The van der Waals surface area contributed by atoms with Crippen LogP contribution < -0.4 is 0 Å². The van der Waals surface area contributed by atoms with Crippen LogP contribution in [0.2, 0.25) is 0 Å². The zero-order chi connectivity index (χ0) is 5.98. The SMILES string of the molecule is OC[C@@H](O)C[C]1CC1. The van der Waals surface area contributed by atoms with E-state index in [0.717, 1.165) is 19.3 Å². The van der Waals surface area contributed by atoms with E-state index in [9.17, 15) is 0 Å². The Hall–Kier alpha value is -0.0800. The summed E-state index contributed by atoms with van der Waals surface area (Å²) in [7, 11) is 0. The van der Waals surface area contributed by atoms with Gasteiger partial charge in [0.15, 0.2) is 0 Å². The van der Waals surface area contributed by atoms with E-state index >= 15 is 0 Å². The zero-order valence-electron chi connectivity index (χ0n) is 4.80. The van der Waals surface area contributed by atoms with Crippen molar-refractivity contribution in [3.05, 3.63) is 5.92 Å². The van der Waals surface area contributed by atoms with Crippen molar-refractivity contribution in [2.75, 3.05) is 6.61 Å². The Balaban J connectivity index is 1.98. The Labute approximate surface area is 49.1 Å². The molecule has 1 fully saturated rings. The molecule has 0 saturated heterocycles. The molecule has 1 radical (unpaired) electrons. The van der Waals surface area contributed by atoms with Crippen molar-refractivity contribution in [2.24, 2.45) is 0 Å². The van der Waals surface area contributed by atoms with E-state index in [2.05, 4.69) is 0 Å². The van der Waals surface area contributed by atoms with Gasteiger partial charge < -0.3 is 10.2 Å². The lowest BCUT2D eigenvalue weighted by atomic mass is 10.2. The van der Waals surface area contributed by atoms with Gasteiger partial charge in [-0.2, -0.15) is 0 Å². The van der Waals surface area contributed by atoms with E-state index in [4.69, 9.17) is 10.2 Å². The fourth-order valence-corrected chi connectivity index (χ4v) is 0.690. The van der Waals surface area contributed by atoms with Crippen molar-refractivity contribution in [1.29, 1.82) is 0 Å². The van der Waals surface area contributed by atoms with Crippen LogP contribution in [0.1, 0.15) is 19.3 Å². The van der Waals surface area contributed by atoms with E-state index in [1.807, 2.05) is 0 Å². The molecule has 1 saturated carbocycles. The lowest BCUT2D eigenvalue weighted by molar-refractivity contribution is 0.0936. The summed E-state index contributed by atoms with van der Waals surface area (Å²) in [6, 6.07) is 0. The third-order valence-corrected chi connectivity index (χ3v) is 1.34. The van der Waals surface area contributed by atoms with Crippen LogP contribution in [0, 0.1) is 5.92 Å². The summed E-state index contributed by atoms with van der Waals surface area (Å²) < 4.78 is 0. The Kier molecular flexibility index (Phi) is 1.86. The zero-order valence-corrected chi connectivity index (χ0v) is 4.80. The van der Waals surface area contributed by atoms with Crippen molar-refractivity contribution in [3.63, 3.8) is 0 Å². The molecule has 0 heterocycles. The van der Waals surface area contributed by atoms with Crippen LogP contribution in [0.25, 0.3) is 0 Å². The van der Waals surface area contributed by atoms with Crippen LogP contribution in [0.15, 0.2) is 0 Å². The molecule has 0 aliphatic heterocycles. The molecule has 0 aromatic rings. The Morgan fingerprint density at radius 3 is 2.50 bits per heavy atom. The minimum Gasteiger partial charge on any atom is -0.394 e. The summed E-state index contributed by atoms with van der Waals surface area (Å²) in [6.07, 6.45) is 2.55. The van der Waals surface area contributed by atoms with Gasteiger partial charge in [-0.25, -0.2) is 0 Å². The molecule has 0 bridgehead atoms. The van der Waals surface area contributed by atoms with Crippen LogP contribution in [0.3, 0.4) is 0 Å². The molecule has 0 aromatic carbocycles. The molecule has 1 rings (SSSR count). The van der Waals surface area contributed by atoms with Crippen molar-refractivity contribution in [2.45, 2.75) is 25.4 Å². The molecule has 2 heteroatoms. The van der Waals surface area contributed by atoms with E-state index in [1.54, 1.807) is 0 Å². The van der Waals surface area contributed by atoms with Crippen molar-refractivity contribution < 1.29 is 10.2 Å². The molecule has 0 amide bonds. The monoisotopic (exact) mass is 115 g/mol. The lowest BCUT2D eigenvalue weighted by Crippen LogP contribution is -2.11. The molecule has 0 unspecified atom stereocenters. The van der Waals surface area contributed by atoms with Crippen molar-refractivity contribution >= 4 is 0 Å². The second-order valence-electron chi connectivity index (χ2n) is 2.29. The van der Waals surface area contributed by atoms with E-state index < -0.39 is 6.10 Å². The number of hydrogen-bond donors (Lipinski definition) is 2. The van der Waals surface area contributed by atoms with Gasteiger partial charge in [-0.1, -0.05) is 0 Å². The fraction of sp³-hybridized carbons (Fsp3) is 0.833. The van der Waals surface area contributed by atoms with E-state index in [1.165, 1.54) is 5.92 Å². The molecule has 1 atom stereocenters. The fourth-order valence-electron chi connectivity index (χ4n) is 0.690. The molecular weight excluding hydrogens is 104 g/mol. The maximum Gasteiger partial charge on any atom is 0.0776 e. The first-order valence-corrected chi connectivity index (χ1v) is 2.95. The summed E-state index contributed by atoms with van der Waals surface area (Å²) in [5.41, 5.74) is 0. The minimum atomic E-state index is -0.493. The second kappa shape index (κ2) is 2.46. The molecule has 2 N–H and O–H groups in total. The standard InChI is InChI=1S/C6H11O2/c7-4-6(8)3-5-1-2-5/h6-8H,1-4H2/t6-/m0/s1. The van der Waals surface area contributed by atoms with Gasteiger partial charge >= 0.3 is 0 Å². The number of aliphatic hydroxyl groups excluding tert-OH is 2. The van der Waals surface area contributed by atoms with Crippen molar-refractivity contribution in [1.82, 2.24) is 0 Å². The van der Waals surface area contributed by atoms with Crippen LogP contribution in [0.5, 0.6) is 0 Å². The highest BCUT2D eigenvalue weighted by molar-refractivity contribution is 5.05. The number of rotatable bonds is 3. The predicted molar refractivity (Wildman–Crippen MR) is 30.2 cm³/mol. The summed E-state index contributed by atoms with van der Waals surface area (Å²) >= 11 is 0. The molecule has 2 nitrogen and oxygen atoms in total. The molecule has 8 heavy (non-hydrogen) atoms. The maximum absolute atomic E-state index is 8.80. The Bertz CT molecular complexity index is 68.9. The molecule has 0 spiro atoms. The summed E-state index contributed by atoms with van der Waals surface area (Å²) in [4.78, 5) is 0. The largest absolute Gasteiger partial charge is 0.394 e. The highest BCUT2D eigenvalue weighted by Crippen LogP contribution is 2.35. The second-order valence-corrected chi connectivity index (χ2v) is 2.29. The third kappa shape index (κ3) is 1.80. The average molecular weight is 115 g/mol. The van der Waals surface area contributed by atoms with Gasteiger partial charge in [0, 0.05) is 0 Å².